The van der Waals surface area contributed by atoms with Gasteiger partial charge in [-0.15, -0.1) is 0 Å². The lowest BCUT2D eigenvalue weighted by Crippen LogP contribution is -2.20. The van der Waals surface area contributed by atoms with E-state index in [9.17, 15) is 9.59 Å². The number of amides is 2. The summed E-state index contributed by atoms with van der Waals surface area (Å²) in [5.41, 5.74) is 3.28. The number of hydrogen-bond donors (Lipinski definition) is 2. The summed E-state index contributed by atoms with van der Waals surface area (Å²) in [6.45, 7) is 7.43. The van der Waals surface area contributed by atoms with E-state index in [-0.39, 0.29) is 18.4 Å². The molecule has 25 heavy (non-hydrogen) atoms. The summed E-state index contributed by atoms with van der Waals surface area (Å²) in [7, 11) is 0. The first-order valence-electron chi connectivity index (χ1n) is 8.26. The lowest BCUT2D eigenvalue weighted by molar-refractivity contribution is -0.118. The Balaban J connectivity index is 2.00. The molecular weight excluding hydrogens is 316 g/mol. The Morgan fingerprint density at radius 2 is 1.80 bits per heavy atom. The fourth-order valence-electron chi connectivity index (χ4n) is 2.45. The van der Waals surface area contributed by atoms with Crippen molar-refractivity contribution < 1.29 is 14.3 Å². The van der Waals surface area contributed by atoms with Gasteiger partial charge in [-0.05, 0) is 42.2 Å². The van der Waals surface area contributed by atoms with Gasteiger partial charge in [-0.2, -0.15) is 0 Å². The van der Waals surface area contributed by atoms with Gasteiger partial charge < -0.3 is 15.4 Å². The Morgan fingerprint density at radius 3 is 2.48 bits per heavy atom. The molecule has 0 aliphatic rings. The maximum atomic E-state index is 12.2. The number of nitrogens with one attached hydrogen (secondary N) is 2. The van der Waals surface area contributed by atoms with Gasteiger partial charge in [0.05, 0.1) is 0 Å². The van der Waals surface area contributed by atoms with Crippen LogP contribution in [0.1, 0.15) is 37.8 Å². The highest BCUT2D eigenvalue weighted by Crippen LogP contribution is 2.26. The van der Waals surface area contributed by atoms with Gasteiger partial charge in [0.1, 0.15) is 5.75 Å². The van der Waals surface area contributed by atoms with Gasteiger partial charge in [0.15, 0.2) is 6.61 Å². The predicted molar refractivity (Wildman–Crippen MR) is 100 cm³/mol. The van der Waals surface area contributed by atoms with Crippen molar-refractivity contribution in [3.05, 3.63) is 53.6 Å². The molecule has 132 valence electrons. The first-order chi connectivity index (χ1) is 11.9. The zero-order valence-electron chi connectivity index (χ0n) is 15.1. The largest absolute Gasteiger partial charge is 0.483 e. The highest BCUT2D eigenvalue weighted by molar-refractivity contribution is 5.94. The third-order valence-electron chi connectivity index (χ3n) is 3.73. The van der Waals surface area contributed by atoms with E-state index in [0.29, 0.717) is 17.3 Å². The molecule has 0 bridgehead atoms. The summed E-state index contributed by atoms with van der Waals surface area (Å²) in [4.78, 5) is 23.4. The summed E-state index contributed by atoms with van der Waals surface area (Å²) in [5, 5.41) is 5.53. The third kappa shape index (κ3) is 5.35. The second-order valence-corrected chi connectivity index (χ2v) is 6.24. The van der Waals surface area contributed by atoms with Crippen LogP contribution in [0.5, 0.6) is 5.75 Å². The monoisotopic (exact) mass is 340 g/mol. The van der Waals surface area contributed by atoms with Crippen molar-refractivity contribution >= 4 is 23.2 Å². The van der Waals surface area contributed by atoms with Gasteiger partial charge in [-0.3, -0.25) is 9.59 Å². The van der Waals surface area contributed by atoms with E-state index in [1.54, 1.807) is 12.1 Å². The number of rotatable bonds is 6. The Morgan fingerprint density at radius 1 is 1.08 bits per heavy atom. The van der Waals surface area contributed by atoms with E-state index in [1.165, 1.54) is 6.92 Å². The van der Waals surface area contributed by atoms with E-state index < -0.39 is 0 Å². The van der Waals surface area contributed by atoms with Crippen LogP contribution >= 0.6 is 0 Å². The molecule has 2 N–H and O–H groups in total. The van der Waals surface area contributed by atoms with Crippen LogP contribution in [0, 0.1) is 6.92 Å². The van der Waals surface area contributed by atoms with Crippen molar-refractivity contribution in [3.63, 3.8) is 0 Å². The highest BCUT2D eigenvalue weighted by Gasteiger charge is 2.10. The van der Waals surface area contributed by atoms with Crippen LogP contribution in [0.3, 0.4) is 0 Å². The summed E-state index contributed by atoms with van der Waals surface area (Å²) >= 11 is 0. The summed E-state index contributed by atoms with van der Waals surface area (Å²) in [5.74, 6) is 0.628. The quantitative estimate of drug-likeness (QED) is 0.832. The molecule has 0 aliphatic heterocycles. The summed E-state index contributed by atoms with van der Waals surface area (Å²) < 4.78 is 5.67. The van der Waals surface area contributed by atoms with Crippen molar-refractivity contribution in [2.75, 3.05) is 17.2 Å². The number of anilines is 2. The number of carbonyl (C=O) groups excluding carboxylic acids is 2. The minimum absolute atomic E-state index is 0.0763. The van der Waals surface area contributed by atoms with Crippen molar-refractivity contribution in [3.8, 4) is 5.75 Å². The molecule has 0 unspecified atom stereocenters. The number of benzene rings is 2. The SMILES string of the molecule is CC(=O)Nc1cc(NC(=O)COc2ccccc2C(C)C)ccc1C. The van der Waals surface area contributed by atoms with E-state index in [4.69, 9.17) is 4.74 Å². The molecular formula is C20H24N2O3. The molecule has 0 radical (unpaired) electrons. The Bertz CT molecular complexity index is 769. The second-order valence-electron chi connectivity index (χ2n) is 6.24. The predicted octanol–water partition coefficient (Wildman–Crippen LogP) is 4.09. The topological polar surface area (TPSA) is 67.4 Å². The van der Waals surface area contributed by atoms with E-state index in [2.05, 4.69) is 24.5 Å². The molecule has 2 amide bonds. The first kappa shape index (κ1) is 18.5. The molecule has 0 spiro atoms. The van der Waals surface area contributed by atoms with Crippen molar-refractivity contribution in [1.29, 1.82) is 0 Å². The minimum Gasteiger partial charge on any atom is -0.483 e. The van der Waals surface area contributed by atoms with Crippen molar-refractivity contribution in [1.82, 2.24) is 0 Å². The third-order valence-corrected chi connectivity index (χ3v) is 3.73. The Hall–Kier alpha value is -2.82. The van der Waals surface area contributed by atoms with Crippen LogP contribution < -0.4 is 15.4 Å². The Kier molecular flexibility index (Phi) is 6.17. The van der Waals surface area contributed by atoms with Crippen LogP contribution in [0.2, 0.25) is 0 Å². The fraction of sp³-hybridized carbons (Fsp3) is 0.300. The molecule has 5 nitrogen and oxygen atoms in total. The van der Waals surface area contributed by atoms with Gasteiger partial charge >= 0.3 is 0 Å². The minimum atomic E-state index is -0.254. The maximum Gasteiger partial charge on any atom is 0.262 e. The standard InChI is InChI=1S/C20H24N2O3/c1-13(2)17-7-5-6-8-19(17)25-12-20(24)22-16-10-9-14(3)18(11-16)21-15(4)23/h5-11,13H,12H2,1-4H3,(H,21,23)(H,22,24). The molecule has 2 aromatic carbocycles. The molecule has 5 heteroatoms. The van der Waals surface area contributed by atoms with Crippen molar-refractivity contribution in [2.24, 2.45) is 0 Å². The molecule has 0 saturated heterocycles. The van der Waals surface area contributed by atoms with Crippen LogP contribution in [-0.2, 0) is 9.59 Å². The molecule has 0 aromatic heterocycles. The molecule has 0 aliphatic carbocycles. The average Bonchev–Trinajstić information content (AvgIpc) is 2.55. The van der Waals surface area contributed by atoms with Crippen LogP contribution in [0.15, 0.2) is 42.5 Å². The van der Waals surface area contributed by atoms with Gasteiger partial charge in [0.2, 0.25) is 5.91 Å². The summed E-state index contributed by atoms with van der Waals surface area (Å²) in [6.07, 6.45) is 0. The van der Waals surface area contributed by atoms with E-state index in [1.807, 2.05) is 37.3 Å². The molecule has 2 aromatic rings. The molecule has 0 saturated carbocycles. The highest BCUT2D eigenvalue weighted by atomic mass is 16.5. The van der Waals surface area contributed by atoms with Gasteiger partial charge in [-0.25, -0.2) is 0 Å². The van der Waals surface area contributed by atoms with Crippen LogP contribution in [0.4, 0.5) is 11.4 Å². The fourth-order valence-corrected chi connectivity index (χ4v) is 2.45. The Labute approximate surface area is 148 Å². The average molecular weight is 340 g/mol. The summed E-state index contributed by atoms with van der Waals surface area (Å²) in [6, 6.07) is 13.1. The number of ether oxygens (including phenoxy) is 1. The maximum absolute atomic E-state index is 12.2. The molecule has 0 fully saturated rings. The van der Waals surface area contributed by atoms with E-state index in [0.717, 1.165) is 16.9 Å². The number of carbonyl (C=O) groups is 2. The van der Waals surface area contributed by atoms with Gasteiger partial charge in [0.25, 0.3) is 5.91 Å². The molecule has 0 atom stereocenters. The van der Waals surface area contributed by atoms with Crippen molar-refractivity contribution in [2.45, 2.75) is 33.6 Å². The van der Waals surface area contributed by atoms with Gasteiger partial charge in [-0.1, -0.05) is 38.1 Å². The zero-order chi connectivity index (χ0) is 18.4. The second kappa shape index (κ2) is 8.33. The lowest BCUT2D eigenvalue weighted by Gasteiger charge is -2.14. The van der Waals surface area contributed by atoms with Crippen LogP contribution in [-0.4, -0.2) is 18.4 Å². The van der Waals surface area contributed by atoms with E-state index >= 15 is 0 Å². The number of para-hydroxylation sites is 1. The lowest BCUT2D eigenvalue weighted by atomic mass is 10.0. The molecule has 0 heterocycles. The molecule has 2 rings (SSSR count). The van der Waals surface area contributed by atoms with Crippen LogP contribution in [0.25, 0.3) is 0 Å². The normalized spacial score (nSPS) is 10.4. The number of hydrogen-bond acceptors (Lipinski definition) is 3. The smallest absolute Gasteiger partial charge is 0.262 e. The van der Waals surface area contributed by atoms with Gasteiger partial charge in [0, 0.05) is 18.3 Å². The first-order valence-corrected chi connectivity index (χ1v) is 8.26. The number of aryl methyl sites for hydroxylation is 1. The zero-order valence-corrected chi connectivity index (χ0v) is 15.1.